The zero-order valence-corrected chi connectivity index (χ0v) is 12.6. The van der Waals surface area contributed by atoms with E-state index in [1.165, 1.54) is 5.56 Å². The number of halogens is 1. The van der Waals surface area contributed by atoms with E-state index >= 15 is 0 Å². The van der Waals surface area contributed by atoms with Crippen LogP contribution in [0.25, 0.3) is 10.9 Å². The van der Waals surface area contributed by atoms with Gasteiger partial charge in [0.25, 0.3) is 0 Å². The van der Waals surface area contributed by atoms with Gasteiger partial charge in [-0.15, -0.1) is 0 Å². The average molecular weight is 293 g/mol. The van der Waals surface area contributed by atoms with Crippen molar-refractivity contribution in [1.82, 2.24) is 10.3 Å². The molecular weight excluding hydrogens is 272 g/mol. The van der Waals surface area contributed by atoms with Crippen molar-refractivity contribution >= 4 is 22.5 Å². The van der Waals surface area contributed by atoms with Crippen molar-refractivity contribution in [2.24, 2.45) is 0 Å². The van der Waals surface area contributed by atoms with Gasteiger partial charge in [0.2, 0.25) is 0 Å². The molecule has 0 atom stereocenters. The number of aromatic nitrogens is 1. The van der Waals surface area contributed by atoms with Crippen LogP contribution >= 0.6 is 11.6 Å². The van der Waals surface area contributed by atoms with Crippen LogP contribution in [0.2, 0.25) is 5.02 Å². The minimum Gasteiger partial charge on any atom is -0.383 e. The van der Waals surface area contributed by atoms with Gasteiger partial charge >= 0.3 is 0 Å². The molecule has 0 amide bonds. The molecule has 1 heterocycles. The van der Waals surface area contributed by atoms with Crippen molar-refractivity contribution in [2.45, 2.75) is 19.3 Å². The highest BCUT2D eigenvalue weighted by molar-refractivity contribution is 6.35. The van der Waals surface area contributed by atoms with Crippen molar-refractivity contribution in [3.05, 3.63) is 41.0 Å². The molecule has 0 aliphatic carbocycles. The molecule has 0 radical (unpaired) electrons. The Balaban J connectivity index is 1.86. The third kappa shape index (κ3) is 4.17. The van der Waals surface area contributed by atoms with Gasteiger partial charge in [0.15, 0.2) is 0 Å². The molecule has 2 rings (SSSR count). The van der Waals surface area contributed by atoms with Crippen LogP contribution < -0.4 is 5.32 Å². The Labute approximate surface area is 125 Å². The van der Waals surface area contributed by atoms with Crippen molar-refractivity contribution in [2.75, 3.05) is 26.8 Å². The van der Waals surface area contributed by atoms with Gasteiger partial charge in [-0.05, 0) is 49.6 Å². The molecule has 0 bridgehead atoms. The summed E-state index contributed by atoms with van der Waals surface area (Å²) < 4.78 is 4.99. The first-order valence-electron chi connectivity index (χ1n) is 7.04. The van der Waals surface area contributed by atoms with Gasteiger partial charge in [-0.2, -0.15) is 0 Å². The third-order valence-electron chi connectivity index (χ3n) is 3.33. The molecule has 1 aromatic heterocycles. The fraction of sp³-hybridized carbons (Fsp3) is 0.438. The smallest absolute Gasteiger partial charge is 0.0748 e. The topological polar surface area (TPSA) is 34.1 Å². The molecule has 1 aromatic carbocycles. The average Bonchev–Trinajstić information content (AvgIpc) is 2.49. The second kappa shape index (κ2) is 8.20. The fourth-order valence-corrected chi connectivity index (χ4v) is 2.48. The van der Waals surface area contributed by atoms with E-state index in [1.807, 2.05) is 24.4 Å². The quantitative estimate of drug-likeness (QED) is 0.757. The molecule has 0 fully saturated rings. The highest BCUT2D eigenvalue weighted by Gasteiger charge is 2.05. The van der Waals surface area contributed by atoms with Crippen LogP contribution in [0.4, 0.5) is 0 Å². The number of unbranched alkanes of at least 4 members (excludes halogenated alkanes) is 1. The fourth-order valence-electron chi connectivity index (χ4n) is 2.26. The predicted molar refractivity (Wildman–Crippen MR) is 84.4 cm³/mol. The van der Waals surface area contributed by atoms with E-state index in [0.717, 1.165) is 54.9 Å². The number of fused-ring (bicyclic) bond motifs is 1. The van der Waals surface area contributed by atoms with Crippen molar-refractivity contribution in [1.29, 1.82) is 0 Å². The number of nitrogens with one attached hydrogen (secondary N) is 1. The lowest BCUT2D eigenvalue weighted by molar-refractivity contribution is 0.199. The summed E-state index contributed by atoms with van der Waals surface area (Å²) in [6, 6.07) is 8.02. The van der Waals surface area contributed by atoms with Crippen LogP contribution in [0.5, 0.6) is 0 Å². The Kier molecular flexibility index (Phi) is 6.25. The zero-order valence-electron chi connectivity index (χ0n) is 11.9. The summed E-state index contributed by atoms with van der Waals surface area (Å²) in [6.07, 6.45) is 5.17. The predicted octanol–water partition coefficient (Wildman–Crippen LogP) is 3.45. The van der Waals surface area contributed by atoms with E-state index in [-0.39, 0.29) is 0 Å². The van der Waals surface area contributed by atoms with Gasteiger partial charge in [-0.1, -0.05) is 17.7 Å². The number of hydrogen-bond acceptors (Lipinski definition) is 3. The molecule has 3 nitrogen and oxygen atoms in total. The van der Waals surface area contributed by atoms with Crippen LogP contribution in [0.15, 0.2) is 30.5 Å². The Morgan fingerprint density at radius 1 is 1.20 bits per heavy atom. The Bertz CT molecular complexity index is 545. The van der Waals surface area contributed by atoms with Gasteiger partial charge in [0.1, 0.15) is 0 Å². The van der Waals surface area contributed by atoms with E-state index in [1.54, 1.807) is 7.11 Å². The van der Waals surface area contributed by atoms with Crippen molar-refractivity contribution < 1.29 is 4.74 Å². The molecule has 0 unspecified atom stereocenters. The van der Waals surface area contributed by atoms with Crippen LogP contribution in [-0.4, -0.2) is 31.8 Å². The zero-order chi connectivity index (χ0) is 14.2. The molecule has 0 aliphatic rings. The number of benzene rings is 1. The van der Waals surface area contributed by atoms with E-state index in [9.17, 15) is 0 Å². The summed E-state index contributed by atoms with van der Waals surface area (Å²) >= 11 is 6.20. The normalized spacial score (nSPS) is 11.1. The molecule has 2 aromatic rings. The van der Waals surface area contributed by atoms with Crippen LogP contribution in [0, 0.1) is 0 Å². The van der Waals surface area contributed by atoms with E-state index in [0.29, 0.717) is 0 Å². The molecule has 0 saturated heterocycles. The highest BCUT2D eigenvalue weighted by atomic mass is 35.5. The Morgan fingerprint density at radius 3 is 2.95 bits per heavy atom. The standard InChI is InChI=1S/C16H21ClN2O/c1-20-12-11-18-9-3-2-5-13-7-8-15(17)14-6-4-10-19-16(13)14/h4,6-8,10,18H,2-3,5,9,11-12H2,1H3. The van der Waals surface area contributed by atoms with E-state index < -0.39 is 0 Å². The lowest BCUT2D eigenvalue weighted by Gasteiger charge is -2.07. The molecule has 0 saturated carbocycles. The molecule has 0 spiro atoms. The minimum atomic E-state index is 0.770. The SMILES string of the molecule is COCCNCCCCc1ccc(Cl)c2cccnc12. The first kappa shape index (κ1) is 15.2. The third-order valence-corrected chi connectivity index (χ3v) is 3.66. The van der Waals surface area contributed by atoms with Gasteiger partial charge < -0.3 is 10.1 Å². The highest BCUT2D eigenvalue weighted by Crippen LogP contribution is 2.25. The van der Waals surface area contributed by atoms with Gasteiger partial charge in [-0.25, -0.2) is 0 Å². The molecule has 1 N–H and O–H groups in total. The lowest BCUT2D eigenvalue weighted by atomic mass is 10.0. The van der Waals surface area contributed by atoms with E-state index in [4.69, 9.17) is 16.3 Å². The number of nitrogens with zero attached hydrogens (tertiary/aromatic N) is 1. The number of ether oxygens (including phenoxy) is 1. The second-order valence-corrected chi connectivity index (χ2v) is 5.21. The Hall–Kier alpha value is -1.16. The largest absolute Gasteiger partial charge is 0.383 e. The second-order valence-electron chi connectivity index (χ2n) is 4.81. The Morgan fingerprint density at radius 2 is 2.10 bits per heavy atom. The maximum Gasteiger partial charge on any atom is 0.0748 e. The maximum atomic E-state index is 6.20. The molecular formula is C16H21ClN2O. The van der Waals surface area contributed by atoms with Gasteiger partial charge in [0, 0.05) is 30.3 Å². The lowest BCUT2D eigenvalue weighted by Crippen LogP contribution is -2.20. The number of rotatable bonds is 8. The van der Waals surface area contributed by atoms with Crippen LogP contribution in [0.3, 0.4) is 0 Å². The van der Waals surface area contributed by atoms with Gasteiger partial charge in [-0.3, -0.25) is 4.98 Å². The summed E-state index contributed by atoms with van der Waals surface area (Å²) in [6.45, 7) is 2.72. The number of hydrogen-bond donors (Lipinski definition) is 1. The van der Waals surface area contributed by atoms with Crippen LogP contribution in [0.1, 0.15) is 18.4 Å². The summed E-state index contributed by atoms with van der Waals surface area (Å²) in [5.41, 5.74) is 2.31. The maximum absolute atomic E-state index is 6.20. The van der Waals surface area contributed by atoms with Crippen LogP contribution in [-0.2, 0) is 11.2 Å². The molecule has 20 heavy (non-hydrogen) atoms. The number of pyridine rings is 1. The molecule has 108 valence electrons. The van der Waals surface area contributed by atoms with E-state index in [2.05, 4.69) is 16.4 Å². The van der Waals surface area contributed by atoms with Crippen molar-refractivity contribution in [3.63, 3.8) is 0 Å². The van der Waals surface area contributed by atoms with Gasteiger partial charge in [0.05, 0.1) is 12.1 Å². The number of aryl methyl sites for hydroxylation is 1. The first-order chi connectivity index (χ1) is 9.83. The summed E-state index contributed by atoms with van der Waals surface area (Å²) in [5, 5.41) is 5.18. The van der Waals surface area contributed by atoms with Crippen molar-refractivity contribution in [3.8, 4) is 0 Å². The molecule has 4 heteroatoms. The first-order valence-corrected chi connectivity index (χ1v) is 7.42. The minimum absolute atomic E-state index is 0.770. The number of methoxy groups -OCH3 is 1. The summed E-state index contributed by atoms with van der Waals surface area (Å²) in [5.74, 6) is 0. The monoisotopic (exact) mass is 292 g/mol. The molecule has 0 aliphatic heterocycles. The summed E-state index contributed by atoms with van der Waals surface area (Å²) in [4.78, 5) is 4.46. The summed E-state index contributed by atoms with van der Waals surface area (Å²) in [7, 11) is 1.72.